The van der Waals surface area contributed by atoms with E-state index in [1.807, 2.05) is 0 Å². The third-order valence-electron chi connectivity index (χ3n) is 4.58. The average molecular weight is 259 g/mol. The highest BCUT2D eigenvalue weighted by molar-refractivity contribution is 5.24. The second kappa shape index (κ2) is 7.09. The minimum absolute atomic E-state index is 0.563. The van der Waals surface area contributed by atoms with E-state index in [0.717, 1.165) is 18.4 Å². The van der Waals surface area contributed by atoms with E-state index < -0.39 is 0 Å². The standard InChI is InChI=1S/C18H29N/c1-4-13-19-18(16-9-5-14(2)6-10-16)17-11-7-15(3)8-12-17/h5-6,9-10,15,17-19H,4,7-8,11-13H2,1-3H3. The van der Waals surface area contributed by atoms with Gasteiger partial charge in [-0.3, -0.25) is 0 Å². The van der Waals surface area contributed by atoms with Gasteiger partial charge in [-0.1, -0.05) is 56.5 Å². The minimum Gasteiger partial charge on any atom is -0.310 e. The van der Waals surface area contributed by atoms with Crippen molar-refractivity contribution in [3.63, 3.8) is 0 Å². The molecule has 2 rings (SSSR count). The molecule has 1 aliphatic rings. The van der Waals surface area contributed by atoms with E-state index in [0.29, 0.717) is 6.04 Å². The molecule has 106 valence electrons. The third-order valence-corrected chi connectivity index (χ3v) is 4.58. The summed E-state index contributed by atoms with van der Waals surface area (Å²) in [6, 6.07) is 9.71. The van der Waals surface area contributed by atoms with Gasteiger partial charge in [0.2, 0.25) is 0 Å². The van der Waals surface area contributed by atoms with Gasteiger partial charge in [-0.2, -0.15) is 0 Å². The van der Waals surface area contributed by atoms with E-state index in [2.05, 4.69) is 50.4 Å². The average Bonchev–Trinajstić information content (AvgIpc) is 2.43. The second-order valence-electron chi connectivity index (χ2n) is 6.36. The van der Waals surface area contributed by atoms with E-state index in [9.17, 15) is 0 Å². The smallest absolute Gasteiger partial charge is 0.0348 e. The highest BCUT2D eigenvalue weighted by Gasteiger charge is 2.26. The van der Waals surface area contributed by atoms with Crippen molar-refractivity contribution in [1.82, 2.24) is 5.32 Å². The largest absolute Gasteiger partial charge is 0.310 e. The highest BCUT2D eigenvalue weighted by atomic mass is 14.9. The molecule has 0 saturated heterocycles. The molecule has 1 aromatic carbocycles. The summed E-state index contributed by atoms with van der Waals surface area (Å²) in [5.74, 6) is 1.76. The van der Waals surface area contributed by atoms with Crippen LogP contribution in [0.25, 0.3) is 0 Å². The SMILES string of the molecule is CCCNC(c1ccc(C)cc1)C1CCC(C)CC1. The maximum Gasteiger partial charge on any atom is 0.0348 e. The Hall–Kier alpha value is -0.820. The number of benzene rings is 1. The van der Waals surface area contributed by atoms with Crippen LogP contribution in [0.3, 0.4) is 0 Å². The van der Waals surface area contributed by atoms with Gasteiger partial charge in [0.15, 0.2) is 0 Å². The molecular weight excluding hydrogens is 230 g/mol. The van der Waals surface area contributed by atoms with Gasteiger partial charge in [0, 0.05) is 6.04 Å². The molecule has 0 bridgehead atoms. The summed E-state index contributed by atoms with van der Waals surface area (Å²) in [5, 5.41) is 3.79. The molecule has 1 heteroatoms. The van der Waals surface area contributed by atoms with Crippen LogP contribution in [0.1, 0.15) is 63.1 Å². The van der Waals surface area contributed by atoms with Crippen LogP contribution >= 0.6 is 0 Å². The first-order chi connectivity index (χ1) is 9.20. The Morgan fingerprint density at radius 1 is 1.11 bits per heavy atom. The lowest BCUT2D eigenvalue weighted by Crippen LogP contribution is -2.31. The lowest BCUT2D eigenvalue weighted by molar-refractivity contribution is 0.231. The van der Waals surface area contributed by atoms with Gasteiger partial charge in [0.05, 0.1) is 0 Å². The highest BCUT2D eigenvalue weighted by Crippen LogP contribution is 2.36. The monoisotopic (exact) mass is 259 g/mol. The molecule has 0 radical (unpaired) electrons. The quantitative estimate of drug-likeness (QED) is 0.796. The molecule has 0 spiro atoms. The molecule has 0 heterocycles. The summed E-state index contributed by atoms with van der Waals surface area (Å²) in [6.07, 6.45) is 6.79. The summed E-state index contributed by atoms with van der Waals surface area (Å²) in [5.41, 5.74) is 2.84. The first-order valence-electron chi connectivity index (χ1n) is 8.00. The van der Waals surface area contributed by atoms with Crippen LogP contribution in [0.4, 0.5) is 0 Å². The Labute approximate surface area is 118 Å². The summed E-state index contributed by atoms with van der Waals surface area (Å²) in [4.78, 5) is 0. The Morgan fingerprint density at radius 3 is 2.32 bits per heavy atom. The van der Waals surface area contributed by atoms with Gasteiger partial charge < -0.3 is 5.32 Å². The van der Waals surface area contributed by atoms with E-state index in [1.54, 1.807) is 0 Å². The lowest BCUT2D eigenvalue weighted by Gasteiger charge is -2.34. The zero-order valence-corrected chi connectivity index (χ0v) is 12.8. The summed E-state index contributed by atoms with van der Waals surface area (Å²) < 4.78 is 0. The molecule has 1 nitrogen and oxygen atoms in total. The van der Waals surface area contributed by atoms with Crippen molar-refractivity contribution in [2.45, 2.75) is 58.9 Å². The van der Waals surface area contributed by atoms with Gasteiger partial charge in [0.25, 0.3) is 0 Å². The van der Waals surface area contributed by atoms with Crippen LogP contribution in [-0.4, -0.2) is 6.54 Å². The lowest BCUT2D eigenvalue weighted by atomic mass is 9.77. The maximum atomic E-state index is 3.79. The number of aryl methyl sites for hydroxylation is 1. The third kappa shape index (κ3) is 4.07. The Bertz CT molecular complexity index is 360. The van der Waals surface area contributed by atoms with Crippen molar-refractivity contribution < 1.29 is 0 Å². The zero-order chi connectivity index (χ0) is 13.7. The fraction of sp³-hybridized carbons (Fsp3) is 0.667. The molecule has 0 amide bonds. The van der Waals surface area contributed by atoms with Crippen LogP contribution < -0.4 is 5.32 Å². The molecule has 19 heavy (non-hydrogen) atoms. The molecule has 1 fully saturated rings. The first-order valence-corrected chi connectivity index (χ1v) is 8.00. The summed E-state index contributed by atoms with van der Waals surface area (Å²) >= 11 is 0. The van der Waals surface area contributed by atoms with Crippen molar-refractivity contribution in [3.05, 3.63) is 35.4 Å². The second-order valence-corrected chi connectivity index (χ2v) is 6.36. The minimum atomic E-state index is 0.563. The van der Waals surface area contributed by atoms with Gasteiger partial charge in [-0.15, -0.1) is 0 Å². The molecule has 0 aromatic heterocycles. The molecule has 1 aromatic rings. The molecule has 0 aliphatic heterocycles. The fourth-order valence-electron chi connectivity index (χ4n) is 3.25. The van der Waals surface area contributed by atoms with Gasteiger partial charge >= 0.3 is 0 Å². The van der Waals surface area contributed by atoms with Crippen LogP contribution in [0.15, 0.2) is 24.3 Å². The molecule has 1 unspecified atom stereocenters. The van der Waals surface area contributed by atoms with Crippen LogP contribution in [0.2, 0.25) is 0 Å². The van der Waals surface area contributed by atoms with E-state index >= 15 is 0 Å². The zero-order valence-electron chi connectivity index (χ0n) is 12.8. The van der Waals surface area contributed by atoms with Crippen LogP contribution in [0.5, 0.6) is 0 Å². The number of nitrogens with one attached hydrogen (secondary N) is 1. The van der Waals surface area contributed by atoms with Gasteiger partial charge in [-0.05, 0) is 50.1 Å². The maximum absolute atomic E-state index is 3.79. The topological polar surface area (TPSA) is 12.0 Å². The van der Waals surface area contributed by atoms with E-state index in [4.69, 9.17) is 0 Å². The van der Waals surface area contributed by atoms with Crippen LogP contribution in [0, 0.1) is 18.8 Å². The number of hydrogen-bond acceptors (Lipinski definition) is 1. The molecule has 1 aliphatic carbocycles. The Balaban J connectivity index is 2.08. The normalized spacial score (nSPS) is 25.2. The summed E-state index contributed by atoms with van der Waals surface area (Å²) in [6.45, 7) is 7.95. The fourth-order valence-corrected chi connectivity index (χ4v) is 3.25. The van der Waals surface area contributed by atoms with Gasteiger partial charge in [-0.25, -0.2) is 0 Å². The van der Waals surface area contributed by atoms with E-state index in [-0.39, 0.29) is 0 Å². The number of hydrogen-bond donors (Lipinski definition) is 1. The summed E-state index contributed by atoms with van der Waals surface area (Å²) in [7, 11) is 0. The predicted octanol–water partition coefficient (Wildman–Crippen LogP) is 4.86. The molecular formula is C18H29N. The van der Waals surface area contributed by atoms with Gasteiger partial charge in [0.1, 0.15) is 0 Å². The number of rotatable bonds is 5. The van der Waals surface area contributed by atoms with Crippen molar-refractivity contribution >= 4 is 0 Å². The Morgan fingerprint density at radius 2 is 1.74 bits per heavy atom. The van der Waals surface area contributed by atoms with Crippen molar-refractivity contribution in [2.75, 3.05) is 6.54 Å². The van der Waals surface area contributed by atoms with Crippen molar-refractivity contribution in [1.29, 1.82) is 0 Å². The van der Waals surface area contributed by atoms with Crippen molar-refractivity contribution in [3.8, 4) is 0 Å². The van der Waals surface area contributed by atoms with Crippen LogP contribution in [-0.2, 0) is 0 Å². The predicted molar refractivity (Wildman–Crippen MR) is 83.3 cm³/mol. The molecule has 1 saturated carbocycles. The Kier molecular flexibility index (Phi) is 5.45. The van der Waals surface area contributed by atoms with Crippen molar-refractivity contribution in [2.24, 2.45) is 11.8 Å². The van der Waals surface area contributed by atoms with E-state index in [1.165, 1.54) is 43.2 Å². The first kappa shape index (κ1) is 14.6. The molecule has 1 atom stereocenters. The molecule has 1 N–H and O–H groups in total.